The number of rotatable bonds is 2. The normalized spacial score (nSPS) is 18.2. The van der Waals surface area contributed by atoms with Crippen molar-refractivity contribution in [2.45, 2.75) is 17.8 Å². The molecular weight excluding hydrogens is 249 g/mol. The predicted octanol–water partition coefficient (Wildman–Crippen LogP) is 2.76. The maximum Gasteiger partial charge on any atom is 0.278 e. The highest BCUT2D eigenvalue weighted by Gasteiger charge is 2.15. The zero-order valence-corrected chi connectivity index (χ0v) is 11.1. The van der Waals surface area contributed by atoms with Gasteiger partial charge in [0.15, 0.2) is 16.3 Å². The number of aromatic nitrogens is 1. The molecule has 1 unspecified atom stereocenters. The molecule has 0 aliphatic carbocycles. The second kappa shape index (κ2) is 4.69. The summed E-state index contributed by atoms with van der Waals surface area (Å²) in [6.07, 6.45) is 3.79. The van der Waals surface area contributed by atoms with Crippen LogP contribution in [0.15, 0.2) is 29.8 Å². The van der Waals surface area contributed by atoms with E-state index in [0.717, 1.165) is 24.3 Å². The van der Waals surface area contributed by atoms with Crippen LogP contribution in [0.4, 0.5) is 0 Å². The van der Waals surface area contributed by atoms with E-state index in [4.69, 9.17) is 9.47 Å². The lowest BCUT2D eigenvalue weighted by Gasteiger charge is -2.24. The minimum atomic E-state index is 0.230. The molecule has 2 aromatic rings. The minimum Gasteiger partial charge on any atom is -0.508 e. The third kappa shape index (κ3) is 2.47. The number of fused-ring (bicyclic) bond motifs is 1. The molecule has 84 valence electrons. The monoisotopic (exact) mass is 259 g/mol. The van der Waals surface area contributed by atoms with Crippen LogP contribution in [-0.2, 0) is 6.42 Å². The second-order valence-electron chi connectivity index (χ2n) is 3.86. The Kier molecular flexibility index (Phi) is 3.06. The summed E-state index contributed by atoms with van der Waals surface area (Å²) in [6, 6.07) is 5.92. The molecule has 2 radical (unpaired) electrons. The summed E-state index contributed by atoms with van der Waals surface area (Å²) in [4.78, 5) is 4.33. The molecule has 17 heavy (non-hydrogen) atoms. The molecule has 0 bridgehead atoms. The van der Waals surface area contributed by atoms with Crippen LogP contribution in [0.1, 0.15) is 12.0 Å². The number of hydrogen-bond donors (Lipinski definition) is 0. The van der Waals surface area contributed by atoms with Gasteiger partial charge in [-0.25, -0.2) is 4.98 Å². The van der Waals surface area contributed by atoms with E-state index in [1.165, 1.54) is 16.9 Å². The number of hydrogen-bond acceptors (Lipinski definition) is 4. The van der Waals surface area contributed by atoms with E-state index >= 15 is 0 Å². The number of thiazole rings is 1. The molecule has 0 saturated heterocycles. The van der Waals surface area contributed by atoms with Crippen molar-refractivity contribution >= 4 is 27.6 Å². The maximum absolute atomic E-state index is 5.72. The van der Waals surface area contributed by atoms with Crippen LogP contribution in [0.2, 0.25) is 0 Å². The van der Waals surface area contributed by atoms with Crippen LogP contribution in [0.25, 0.3) is 0 Å². The van der Waals surface area contributed by atoms with Crippen molar-refractivity contribution in [2.75, 3.05) is 0 Å². The molecule has 0 amide bonds. The van der Waals surface area contributed by atoms with Crippen molar-refractivity contribution in [3.63, 3.8) is 0 Å². The first-order chi connectivity index (χ1) is 8.31. The van der Waals surface area contributed by atoms with Crippen molar-refractivity contribution in [1.82, 2.24) is 4.98 Å². The standard InChI is InChI=1S/C12H10NO2S.Al/c1-2-9-8-10(3-4-11(9)14-6-1)15-12-13-5-7-16-12;/h3-8H,1-2H2;. The van der Waals surface area contributed by atoms with E-state index in [9.17, 15) is 0 Å². The summed E-state index contributed by atoms with van der Waals surface area (Å²) >= 11 is 4.19. The Balaban J connectivity index is 1.83. The average molecular weight is 259 g/mol. The molecule has 3 nitrogen and oxygen atoms in total. The minimum absolute atomic E-state index is 0.230. The molecule has 0 saturated carbocycles. The molecule has 2 heterocycles. The maximum atomic E-state index is 5.72. The summed E-state index contributed by atoms with van der Waals surface area (Å²) < 4.78 is 11.4. The van der Waals surface area contributed by atoms with Crippen molar-refractivity contribution in [1.29, 1.82) is 0 Å². The quantitative estimate of drug-likeness (QED) is 0.777. The lowest BCUT2D eigenvalue weighted by molar-refractivity contribution is 0.248. The molecule has 5 heteroatoms. The van der Waals surface area contributed by atoms with Crippen molar-refractivity contribution in [3.05, 3.63) is 35.3 Å². The number of ether oxygens (including phenoxy) is 2. The summed E-state index contributed by atoms with van der Waals surface area (Å²) in [5.41, 5.74) is 1.21. The van der Waals surface area contributed by atoms with Gasteiger partial charge in [0, 0.05) is 16.5 Å². The van der Waals surface area contributed by atoms with Crippen molar-refractivity contribution in [3.8, 4) is 16.7 Å². The Bertz CT molecular complexity index is 515. The van der Waals surface area contributed by atoms with Crippen LogP contribution < -0.4 is 9.47 Å². The van der Waals surface area contributed by atoms with Gasteiger partial charge in [-0.05, 0) is 36.6 Å². The highest BCUT2D eigenvalue weighted by atomic mass is 32.1. The van der Waals surface area contributed by atoms with E-state index in [1.807, 2.05) is 23.6 Å². The highest BCUT2D eigenvalue weighted by Crippen LogP contribution is 2.32. The Hall–Kier alpha value is -1.02. The van der Waals surface area contributed by atoms with Gasteiger partial charge in [0.25, 0.3) is 5.19 Å². The Morgan fingerprint density at radius 1 is 1.47 bits per heavy atom. The van der Waals surface area contributed by atoms with Gasteiger partial charge in [0.1, 0.15) is 11.5 Å². The van der Waals surface area contributed by atoms with Gasteiger partial charge in [-0.1, -0.05) is 11.3 Å². The van der Waals surface area contributed by atoms with Crippen molar-refractivity contribution < 1.29 is 9.47 Å². The fraction of sp³-hybridized carbons (Fsp3) is 0.250. The predicted molar refractivity (Wildman–Crippen MR) is 67.1 cm³/mol. The summed E-state index contributed by atoms with van der Waals surface area (Å²) in [5.74, 6) is 1.78. The van der Waals surface area contributed by atoms with E-state index < -0.39 is 0 Å². The summed E-state index contributed by atoms with van der Waals surface area (Å²) in [7, 11) is 0. The number of nitrogens with zero attached hydrogens (tertiary/aromatic N) is 1. The van der Waals surface area contributed by atoms with Gasteiger partial charge in [-0.2, -0.15) is 0 Å². The van der Waals surface area contributed by atoms with Crippen LogP contribution in [0.3, 0.4) is 0 Å². The zero-order valence-electron chi connectivity index (χ0n) is 9.13. The first kappa shape index (κ1) is 11.1. The third-order valence-corrected chi connectivity index (χ3v) is 3.74. The molecule has 1 aromatic heterocycles. The summed E-state index contributed by atoms with van der Waals surface area (Å²) in [6.45, 7) is 0. The van der Waals surface area contributed by atoms with Crippen molar-refractivity contribution in [2.24, 2.45) is 0 Å². The lowest BCUT2D eigenvalue weighted by Crippen LogP contribution is -2.22. The molecule has 1 aliphatic heterocycles. The fourth-order valence-corrected chi connectivity index (χ4v) is 2.63. The van der Waals surface area contributed by atoms with Gasteiger partial charge < -0.3 is 9.47 Å². The fourth-order valence-electron chi connectivity index (χ4n) is 1.81. The van der Waals surface area contributed by atoms with Gasteiger partial charge in [0.05, 0.1) is 0 Å². The molecule has 0 spiro atoms. The molecular formula is C12H10AlNO2S. The van der Waals surface area contributed by atoms with Gasteiger partial charge in [-0.15, -0.1) is 0 Å². The van der Waals surface area contributed by atoms with Gasteiger partial charge in [0.2, 0.25) is 0 Å². The first-order valence-corrected chi connectivity index (χ1v) is 6.98. The highest BCUT2D eigenvalue weighted by molar-refractivity contribution is 7.11. The molecule has 0 N–H and O–H groups in total. The smallest absolute Gasteiger partial charge is 0.278 e. The Morgan fingerprint density at radius 3 is 3.24 bits per heavy atom. The molecule has 0 fully saturated rings. The molecule has 3 rings (SSSR count). The van der Waals surface area contributed by atoms with Crippen LogP contribution >= 0.6 is 11.3 Å². The largest absolute Gasteiger partial charge is 0.508 e. The van der Waals surface area contributed by atoms with Crippen LogP contribution in [0, 0.1) is 0 Å². The van der Waals surface area contributed by atoms with E-state index in [0.29, 0.717) is 5.19 Å². The zero-order chi connectivity index (χ0) is 11.7. The first-order valence-electron chi connectivity index (χ1n) is 5.44. The summed E-state index contributed by atoms with van der Waals surface area (Å²) in [5, 5.41) is 2.57. The average Bonchev–Trinajstić information content (AvgIpc) is 2.82. The number of aryl methyl sites for hydroxylation is 1. The van der Waals surface area contributed by atoms with Gasteiger partial charge >= 0.3 is 0 Å². The van der Waals surface area contributed by atoms with Crippen LogP contribution in [0.5, 0.6) is 16.7 Å². The lowest BCUT2D eigenvalue weighted by atomic mass is 10.1. The second-order valence-corrected chi connectivity index (χ2v) is 5.47. The number of benzene rings is 1. The molecule has 1 aromatic carbocycles. The Morgan fingerprint density at radius 2 is 2.41 bits per heavy atom. The molecule has 1 aliphatic rings. The topological polar surface area (TPSA) is 31.4 Å². The Labute approximate surface area is 112 Å². The SMILES string of the molecule is [Al][CH]1CCc2cc(Oc3nccs3)ccc2O1. The molecule has 1 atom stereocenters. The van der Waals surface area contributed by atoms with E-state index in [2.05, 4.69) is 21.3 Å². The van der Waals surface area contributed by atoms with E-state index in [1.54, 1.807) is 6.20 Å². The third-order valence-electron chi connectivity index (χ3n) is 2.62. The van der Waals surface area contributed by atoms with Crippen LogP contribution in [-0.4, -0.2) is 26.2 Å². The van der Waals surface area contributed by atoms with E-state index in [-0.39, 0.29) is 4.97 Å². The van der Waals surface area contributed by atoms with Gasteiger partial charge in [-0.3, -0.25) is 0 Å².